The number of halogens is 1. The summed E-state index contributed by atoms with van der Waals surface area (Å²) in [7, 11) is 0. The molecule has 1 N–H and O–H groups in total. The molecule has 0 amide bonds. The number of anilines is 1. The van der Waals surface area contributed by atoms with Gasteiger partial charge in [-0.15, -0.1) is 0 Å². The highest BCUT2D eigenvalue weighted by atomic mass is 35.5. The molecule has 1 heterocycles. The SMILES string of the molecule is CC(C)c1nc(Cl)cc(NCCCC2CC2)n1. The van der Waals surface area contributed by atoms with Crippen LogP contribution in [0.5, 0.6) is 0 Å². The summed E-state index contributed by atoms with van der Waals surface area (Å²) in [6.07, 6.45) is 5.40. The largest absolute Gasteiger partial charge is 0.370 e. The van der Waals surface area contributed by atoms with Gasteiger partial charge in [0.15, 0.2) is 0 Å². The highest BCUT2D eigenvalue weighted by molar-refractivity contribution is 6.29. The second-order valence-corrected chi connectivity index (χ2v) is 5.49. The molecule has 94 valence electrons. The molecule has 17 heavy (non-hydrogen) atoms. The van der Waals surface area contributed by atoms with Gasteiger partial charge >= 0.3 is 0 Å². The van der Waals surface area contributed by atoms with E-state index in [1.807, 2.05) is 0 Å². The van der Waals surface area contributed by atoms with Crippen molar-refractivity contribution in [2.24, 2.45) is 5.92 Å². The van der Waals surface area contributed by atoms with Crippen LogP contribution in [-0.4, -0.2) is 16.5 Å². The standard InChI is InChI=1S/C13H20ClN3/c1-9(2)13-16-11(14)8-12(17-13)15-7-3-4-10-5-6-10/h8-10H,3-7H2,1-2H3,(H,15,16,17). The molecule has 0 saturated heterocycles. The van der Waals surface area contributed by atoms with Gasteiger partial charge in [-0.05, 0) is 18.8 Å². The summed E-state index contributed by atoms with van der Waals surface area (Å²) in [5.41, 5.74) is 0. The summed E-state index contributed by atoms with van der Waals surface area (Å²) in [6, 6.07) is 1.80. The summed E-state index contributed by atoms with van der Waals surface area (Å²) in [5.74, 6) is 2.96. The second kappa shape index (κ2) is 5.67. The first kappa shape index (κ1) is 12.6. The smallest absolute Gasteiger partial charge is 0.135 e. The van der Waals surface area contributed by atoms with Crippen molar-refractivity contribution in [3.63, 3.8) is 0 Å². The van der Waals surface area contributed by atoms with Crippen molar-refractivity contribution in [1.29, 1.82) is 0 Å². The first-order valence-corrected chi connectivity index (χ1v) is 6.81. The zero-order valence-electron chi connectivity index (χ0n) is 10.5. The lowest BCUT2D eigenvalue weighted by Gasteiger charge is -2.09. The third-order valence-electron chi connectivity index (χ3n) is 3.02. The van der Waals surface area contributed by atoms with Gasteiger partial charge < -0.3 is 5.32 Å². The molecule has 0 atom stereocenters. The lowest BCUT2D eigenvalue weighted by atomic mass is 10.2. The number of nitrogens with zero attached hydrogens (tertiary/aromatic N) is 2. The van der Waals surface area contributed by atoms with Crippen LogP contribution < -0.4 is 5.32 Å². The van der Waals surface area contributed by atoms with E-state index in [9.17, 15) is 0 Å². The van der Waals surface area contributed by atoms with Crippen LogP contribution in [0.1, 0.15) is 51.3 Å². The van der Waals surface area contributed by atoms with Crippen molar-refractivity contribution in [1.82, 2.24) is 9.97 Å². The topological polar surface area (TPSA) is 37.8 Å². The van der Waals surface area contributed by atoms with E-state index >= 15 is 0 Å². The van der Waals surface area contributed by atoms with Gasteiger partial charge in [0.05, 0.1) is 0 Å². The first-order valence-electron chi connectivity index (χ1n) is 6.43. The Bertz CT molecular complexity index is 375. The Morgan fingerprint density at radius 2 is 2.18 bits per heavy atom. The molecule has 1 aliphatic carbocycles. The molecule has 1 fully saturated rings. The third kappa shape index (κ3) is 4.15. The lowest BCUT2D eigenvalue weighted by molar-refractivity contribution is 0.685. The quantitative estimate of drug-likeness (QED) is 0.618. The van der Waals surface area contributed by atoms with Gasteiger partial charge in [0.25, 0.3) is 0 Å². The summed E-state index contributed by atoms with van der Waals surface area (Å²) in [5, 5.41) is 3.85. The molecule has 0 unspecified atom stereocenters. The Kier molecular flexibility index (Phi) is 4.21. The maximum absolute atomic E-state index is 5.98. The molecule has 3 nitrogen and oxygen atoms in total. The van der Waals surface area contributed by atoms with Crippen molar-refractivity contribution in [2.75, 3.05) is 11.9 Å². The van der Waals surface area contributed by atoms with Crippen LogP contribution in [-0.2, 0) is 0 Å². The van der Waals surface area contributed by atoms with Crippen LogP contribution in [0.15, 0.2) is 6.07 Å². The molecule has 1 aromatic heterocycles. The zero-order chi connectivity index (χ0) is 12.3. The van der Waals surface area contributed by atoms with Crippen LogP contribution in [0.4, 0.5) is 5.82 Å². The molecule has 1 aliphatic rings. The predicted octanol–water partition coefficient (Wildman–Crippen LogP) is 3.86. The molecule has 0 radical (unpaired) electrons. The minimum Gasteiger partial charge on any atom is -0.370 e. The van der Waals surface area contributed by atoms with Crippen LogP contribution in [0.3, 0.4) is 0 Å². The second-order valence-electron chi connectivity index (χ2n) is 5.10. The van der Waals surface area contributed by atoms with Gasteiger partial charge in [-0.2, -0.15) is 0 Å². The van der Waals surface area contributed by atoms with E-state index in [-0.39, 0.29) is 0 Å². The monoisotopic (exact) mass is 253 g/mol. The lowest BCUT2D eigenvalue weighted by Crippen LogP contribution is -2.07. The first-order chi connectivity index (χ1) is 8.15. The Labute approximate surface area is 108 Å². The van der Waals surface area contributed by atoms with E-state index in [1.165, 1.54) is 25.7 Å². The summed E-state index contributed by atoms with van der Waals surface area (Å²) in [6.45, 7) is 5.12. The Morgan fingerprint density at radius 3 is 2.82 bits per heavy atom. The van der Waals surface area contributed by atoms with E-state index in [1.54, 1.807) is 6.07 Å². The van der Waals surface area contributed by atoms with Crippen molar-refractivity contribution in [3.05, 3.63) is 17.0 Å². The average molecular weight is 254 g/mol. The van der Waals surface area contributed by atoms with Crippen molar-refractivity contribution in [3.8, 4) is 0 Å². The summed E-state index contributed by atoms with van der Waals surface area (Å²) in [4.78, 5) is 8.67. The van der Waals surface area contributed by atoms with Gasteiger partial charge in [-0.3, -0.25) is 0 Å². The number of rotatable bonds is 6. The van der Waals surface area contributed by atoms with E-state index in [0.717, 1.165) is 24.1 Å². The van der Waals surface area contributed by atoms with Crippen LogP contribution in [0.2, 0.25) is 5.15 Å². The molecule has 0 aliphatic heterocycles. The van der Waals surface area contributed by atoms with Crippen LogP contribution in [0, 0.1) is 5.92 Å². The summed E-state index contributed by atoms with van der Waals surface area (Å²) >= 11 is 5.98. The Morgan fingerprint density at radius 1 is 1.41 bits per heavy atom. The van der Waals surface area contributed by atoms with Crippen molar-refractivity contribution in [2.45, 2.75) is 45.4 Å². The third-order valence-corrected chi connectivity index (χ3v) is 3.21. The van der Waals surface area contributed by atoms with E-state index in [4.69, 9.17) is 11.6 Å². The maximum Gasteiger partial charge on any atom is 0.135 e. The van der Waals surface area contributed by atoms with Gasteiger partial charge in [-0.1, -0.05) is 38.3 Å². The number of hydrogen-bond donors (Lipinski definition) is 1. The minimum atomic E-state index is 0.306. The fourth-order valence-corrected chi connectivity index (χ4v) is 1.99. The highest BCUT2D eigenvalue weighted by Crippen LogP contribution is 2.33. The highest BCUT2D eigenvalue weighted by Gasteiger charge is 2.19. The van der Waals surface area contributed by atoms with Crippen LogP contribution >= 0.6 is 11.6 Å². The number of hydrogen-bond acceptors (Lipinski definition) is 3. The molecular formula is C13H20ClN3. The minimum absolute atomic E-state index is 0.306. The molecule has 2 rings (SSSR count). The van der Waals surface area contributed by atoms with E-state index < -0.39 is 0 Å². The maximum atomic E-state index is 5.98. The number of aromatic nitrogens is 2. The van der Waals surface area contributed by atoms with Crippen LogP contribution in [0.25, 0.3) is 0 Å². The van der Waals surface area contributed by atoms with Crippen molar-refractivity contribution < 1.29 is 0 Å². The van der Waals surface area contributed by atoms with Gasteiger partial charge in [-0.25, -0.2) is 9.97 Å². The summed E-state index contributed by atoms with van der Waals surface area (Å²) < 4.78 is 0. The molecule has 4 heteroatoms. The van der Waals surface area contributed by atoms with Gasteiger partial charge in [0.1, 0.15) is 16.8 Å². The zero-order valence-corrected chi connectivity index (χ0v) is 11.3. The van der Waals surface area contributed by atoms with Gasteiger partial charge in [0.2, 0.25) is 0 Å². The van der Waals surface area contributed by atoms with E-state index in [0.29, 0.717) is 11.1 Å². The molecular weight excluding hydrogens is 234 g/mol. The molecule has 0 spiro atoms. The Hall–Kier alpha value is -0.830. The average Bonchev–Trinajstić information content (AvgIpc) is 3.07. The van der Waals surface area contributed by atoms with E-state index in [2.05, 4.69) is 29.1 Å². The Balaban J connectivity index is 1.85. The van der Waals surface area contributed by atoms with Crippen molar-refractivity contribution >= 4 is 17.4 Å². The predicted molar refractivity (Wildman–Crippen MR) is 71.6 cm³/mol. The fraction of sp³-hybridized carbons (Fsp3) is 0.692. The molecule has 1 saturated carbocycles. The molecule has 0 bridgehead atoms. The fourth-order valence-electron chi connectivity index (χ4n) is 1.80. The molecule has 1 aromatic rings. The normalized spacial score (nSPS) is 15.3. The number of nitrogens with one attached hydrogen (secondary N) is 1. The van der Waals surface area contributed by atoms with Gasteiger partial charge in [0, 0.05) is 18.5 Å². The molecule has 0 aromatic carbocycles.